The Hall–Kier alpha value is -2.97. The molecule has 1 fully saturated rings. The molecule has 14 nitrogen and oxygen atoms in total. The minimum absolute atomic E-state index is 0.0173. The van der Waals surface area contributed by atoms with Crippen molar-refractivity contribution < 1.29 is 44.0 Å². The van der Waals surface area contributed by atoms with Crippen molar-refractivity contribution >= 4 is 29.9 Å². The lowest BCUT2D eigenvalue weighted by Crippen LogP contribution is -2.47. The monoisotopic (exact) mass is 475 g/mol. The summed E-state index contributed by atoms with van der Waals surface area (Å²) < 4.78 is 4.41. The molecule has 0 spiro atoms. The predicted molar refractivity (Wildman–Crippen MR) is 114 cm³/mol. The summed E-state index contributed by atoms with van der Waals surface area (Å²) in [5, 5.41) is 33.0. The number of carbonyl (C=O) groups excluding carboxylic acids is 2. The molecule has 1 atom stereocenters. The van der Waals surface area contributed by atoms with E-state index in [9.17, 15) is 29.1 Å². The Balaban J connectivity index is 2.72. The van der Waals surface area contributed by atoms with Gasteiger partial charge in [-0.1, -0.05) is 0 Å². The Morgan fingerprint density at radius 1 is 0.818 bits per heavy atom. The van der Waals surface area contributed by atoms with Crippen molar-refractivity contribution in [3.05, 3.63) is 0 Å². The molecule has 0 radical (unpaired) electrons. The Morgan fingerprint density at radius 3 is 1.76 bits per heavy atom. The van der Waals surface area contributed by atoms with Crippen molar-refractivity contribution in [1.82, 2.24) is 25.3 Å². The maximum atomic E-state index is 12.1. The number of carboxylic acid groups (broad SMARTS) is 3. The highest BCUT2D eigenvalue weighted by molar-refractivity contribution is 5.78. The van der Waals surface area contributed by atoms with Gasteiger partial charge in [-0.15, -0.1) is 0 Å². The molecule has 0 aliphatic carbocycles. The molecule has 0 aromatic rings. The number of carbonyl (C=O) groups is 5. The van der Waals surface area contributed by atoms with Crippen LogP contribution in [0.25, 0.3) is 0 Å². The molecule has 0 aromatic carbocycles. The van der Waals surface area contributed by atoms with E-state index < -0.39 is 30.0 Å². The Bertz CT molecular complexity index is 663. The van der Waals surface area contributed by atoms with Crippen LogP contribution in [0.1, 0.15) is 12.8 Å². The van der Waals surface area contributed by atoms with E-state index in [1.165, 1.54) is 7.11 Å². The number of carboxylic acids is 3. The van der Waals surface area contributed by atoms with Gasteiger partial charge in [0.1, 0.15) is 6.04 Å². The molecule has 1 unspecified atom stereocenters. The minimum atomic E-state index is -1.12. The lowest BCUT2D eigenvalue weighted by atomic mass is 10.1. The summed E-state index contributed by atoms with van der Waals surface area (Å²) in [6.45, 7) is 1.62. The fourth-order valence-electron chi connectivity index (χ4n) is 3.43. The fourth-order valence-corrected chi connectivity index (χ4v) is 3.43. The fraction of sp³-hybridized carbons (Fsp3) is 0.737. The van der Waals surface area contributed by atoms with Crippen molar-refractivity contribution in [1.29, 1.82) is 0 Å². The largest absolute Gasteiger partial charge is 0.480 e. The molecule has 0 aromatic heterocycles. The molecule has 0 saturated carbocycles. The highest BCUT2D eigenvalue weighted by Gasteiger charge is 2.28. The van der Waals surface area contributed by atoms with Crippen LogP contribution in [0, 0.1) is 0 Å². The van der Waals surface area contributed by atoms with Gasteiger partial charge in [-0.3, -0.25) is 33.9 Å². The maximum absolute atomic E-state index is 12.1. The third-order valence-electron chi connectivity index (χ3n) is 5.13. The summed E-state index contributed by atoms with van der Waals surface area (Å²) in [5.41, 5.74) is 0. The van der Waals surface area contributed by atoms with Crippen LogP contribution in [-0.4, -0.2) is 139 Å². The number of nitrogens with zero attached hydrogens (tertiary/aromatic N) is 3. The van der Waals surface area contributed by atoms with Crippen molar-refractivity contribution in [2.24, 2.45) is 0 Å². The summed E-state index contributed by atoms with van der Waals surface area (Å²) in [7, 11) is 1.22. The summed E-state index contributed by atoms with van der Waals surface area (Å²) in [6.07, 6.45) is -0.676. The minimum Gasteiger partial charge on any atom is -0.480 e. The van der Waals surface area contributed by atoms with Crippen LogP contribution >= 0.6 is 0 Å². The van der Waals surface area contributed by atoms with Gasteiger partial charge in [0.15, 0.2) is 0 Å². The van der Waals surface area contributed by atoms with E-state index in [0.29, 0.717) is 26.2 Å². The maximum Gasteiger partial charge on any atom is 0.406 e. The molecular formula is C19H33N5O9. The zero-order valence-corrected chi connectivity index (χ0v) is 18.7. The van der Waals surface area contributed by atoms with Gasteiger partial charge in [-0.05, 0) is 6.42 Å². The van der Waals surface area contributed by atoms with Gasteiger partial charge in [0.05, 0.1) is 20.2 Å². The zero-order valence-electron chi connectivity index (χ0n) is 18.7. The standard InChI is InChI=1S/C19H33N5O9/c1-33-19(32)21-5-4-20-15(25)3-2-14(18(30)31)24-10-8-22(12-16(26)27)6-7-23(9-11-24)13-17(28)29/h14H,2-13H2,1H3,(H,20,25)(H,21,32)(H,26,27)(H,28,29)(H,30,31). The molecule has 1 aliphatic heterocycles. The van der Waals surface area contributed by atoms with E-state index in [1.807, 2.05) is 0 Å². The summed E-state index contributed by atoms with van der Waals surface area (Å²) >= 11 is 0. The molecule has 1 aliphatic rings. The van der Waals surface area contributed by atoms with Crippen LogP contribution in [0.2, 0.25) is 0 Å². The molecule has 5 N–H and O–H groups in total. The normalized spacial score (nSPS) is 17.1. The van der Waals surface area contributed by atoms with Crippen LogP contribution in [0.15, 0.2) is 0 Å². The number of alkyl carbamates (subject to hydrolysis) is 1. The third kappa shape index (κ3) is 12.0. The molecule has 1 rings (SSSR count). The second-order valence-corrected chi connectivity index (χ2v) is 7.54. The Morgan fingerprint density at radius 2 is 1.30 bits per heavy atom. The van der Waals surface area contributed by atoms with E-state index >= 15 is 0 Å². The van der Waals surface area contributed by atoms with E-state index in [1.54, 1.807) is 14.7 Å². The lowest BCUT2D eigenvalue weighted by molar-refractivity contribution is -0.144. The lowest BCUT2D eigenvalue weighted by Gasteiger charge is -2.30. The average molecular weight is 475 g/mol. The third-order valence-corrected chi connectivity index (χ3v) is 5.13. The van der Waals surface area contributed by atoms with Crippen molar-refractivity contribution in [3.63, 3.8) is 0 Å². The summed E-state index contributed by atoms with van der Waals surface area (Å²) in [6, 6.07) is -1.000. The van der Waals surface area contributed by atoms with Gasteiger partial charge in [0.25, 0.3) is 0 Å². The number of hydrogen-bond donors (Lipinski definition) is 5. The van der Waals surface area contributed by atoms with Crippen LogP contribution in [-0.2, 0) is 23.9 Å². The molecule has 2 amide bonds. The van der Waals surface area contributed by atoms with Gasteiger partial charge < -0.3 is 30.7 Å². The van der Waals surface area contributed by atoms with Crippen molar-refractivity contribution in [2.45, 2.75) is 18.9 Å². The van der Waals surface area contributed by atoms with E-state index in [-0.39, 0.29) is 58.0 Å². The first-order chi connectivity index (χ1) is 15.6. The predicted octanol–water partition coefficient (Wildman–Crippen LogP) is -2.22. The van der Waals surface area contributed by atoms with Crippen LogP contribution in [0.3, 0.4) is 0 Å². The van der Waals surface area contributed by atoms with E-state index in [2.05, 4.69) is 15.4 Å². The van der Waals surface area contributed by atoms with E-state index in [4.69, 9.17) is 10.2 Å². The smallest absolute Gasteiger partial charge is 0.406 e. The molecule has 0 bridgehead atoms. The number of aliphatic carboxylic acids is 3. The number of nitrogens with one attached hydrogen (secondary N) is 2. The van der Waals surface area contributed by atoms with Crippen LogP contribution in [0.4, 0.5) is 4.79 Å². The van der Waals surface area contributed by atoms with Gasteiger partial charge in [0, 0.05) is 58.8 Å². The first kappa shape index (κ1) is 28.1. The SMILES string of the molecule is COC(=O)NCCNC(=O)CCC(C(=O)O)N1CCN(CC(=O)O)CCN(CC(=O)O)CC1. The van der Waals surface area contributed by atoms with Crippen molar-refractivity contribution in [2.75, 3.05) is 72.6 Å². The molecular weight excluding hydrogens is 442 g/mol. The molecule has 14 heteroatoms. The summed E-state index contributed by atoms with van der Waals surface area (Å²) in [4.78, 5) is 62.2. The number of methoxy groups -OCH3 is 1. The Labute approximate surface area is 191 Å². The van der Waals surface area contributed by atoms with Gasteiger partial charge >= 0.3 is 24.0 Å². The van der Waals surface area contributed by atoms with E-state index in [0.717, 1.165) is 0 Å². The topological polar surface area (TPSA) is 189 Å². The molecule has 1 heterocycles. The summed E-state index contributed by atoms with van der Waals surface area (Å²) in [5.74, 6) is -3.56. The number of amides is 2. The van der Waals surface area contributed by atoms with Gasteiger partial charge in [-0.2, -0.15) is 0 Å². The van der Waals surface area contributed by atoms with Crippen molar-refractivity contribution in [3.8, 4) is 0 Å². The molecule has 1 saturated heterocycles. The second-order valence-electron chi connectivity index (χ2n) is 7.54. The number of ether oxygens (including phenoxy) is 1. The molecule has 188 valence electrons. The first-order valence-electron chi connectivity index (χ1n) is 10.6. The van der Waals surface area contributed by atoms with Gasteiger partial charge in [-0.25, -0.2) is 4.79 Å². The first-order valence-corrected chi connectivity index (χ1v) is 10.6. The Kier molecular flexibility index (Phi) is 12.7. The van der Waals surface area contributed by atoms with Gasteiger partial charge in [0.2, 0.25) is 5.91 Å². The average Bonchev–Trinajstić information content (AvgIpc) is 2.82. The molecule has 33 heavy (non-hydrogen) atoms. The van der Waals surface area contributed by atoms with Crippen LogP contribution in [0.5, 0.6) is 0 Å². The highest BCUT2D eigenvalue weighted by atomic mass is 16.5. The quantitative estimate of drug-likeness (QED) is 0.192. The number of rotatable bonds is 12. The zero-order chi connectivity index (χ0) is 24.8. The number of hydrogen-bond acceptors (Lipinski definition) is 9. The van der Waals surface area contributed by atoms with Crippen LogP contribution < -0.4 is 10.6 Å². The second kappa shape index (κ2) is 15.0. The highest BCUT2D eigenvalue weighted by Crippen LogP contribution is 2.11.